The molecule has 0 aliphatic carbocycles. The van der Waals surface area contributed by atoms with Gasteiger partial charge in [-0.15, -0.1) is 13.2 Å². The van der Waals surface area contributed by atoms with Gasteiger partial charge in [0.05, 0.1) is 0 Å². The molecule has 162 valence electrons. The van der Waals surface area contributed by atoms with Crippen LogP contribution in [0.15, 0.2) is 24.3 Å². The van der Waals surface area contributed by atoms with Crippen LogP contribution in [0.5, 0.6) is 5.75 Å². The zero-order chi connectivity index (χ0) is 21.1. The Bertz CT molecular complexity index is 809. The number of carbonyl (C=O) groups is 1. The molecule has 11 heteroatoms. The lowest BCUT2D eigenvalue weighted by atomic mass is 10.0. The number of ether oxygens (including phenoxy) is 1. The third-order valence-corrected chi connectivity index (χ3v) is 7.10. The number of hydrogen-bond acceptors (Lipinski definition) is 4. The summed E-state index contributed by atoms with van der Waals surface area (Å²) < 4.78 is 69.3. The SMILES string of the molecule is O=C(Nc1ccc(OC(F)(F)F)cc1)C1CCCCN1S(=O)(=O)N1CCCCC1. The van der Waals surface area contributed by atoms with Gasteiger partial charge in [0.2, 0.25) is 5.91 Å². The second kappa shape index (κ2) is 8.88. The van der Waals surface area contributed by atoms with Gasteiger partial charge in [0.25, 0.3) is 10.2 Å². The molecule has 0 saturated carbocycles. The van der Waals surface area contributed by atoms with Crippen molar-refractivity contribution in [3.63, 3.8) is 0 Å². The van der Waals surface area contributed by atoms with E-state index in [-0.39, 0.29) is 12.2 Å². The quantitative estimate of drug-likeness (QED) is 0.771. The van der Waals surface area contributed by atoms with Gasteiger partial charge < -0.3 is 10.1 Å². The minimum atomic E-state index is -4.80. The minimum absolute atomic E-state index is 0.269. The summed E-state index contributed by atoms with van der Waals surface area (Å²) in [4.78, 5) is 12.8. The number of halogens is 3. The number of alkyl halides is 3. The molecule has 2 fully saturated rings. The number of benzene rings is 1. The number of hydrogen-bond donors (Lipinski definition) is 1. The zero-order valence-electron chi connectivity index (χ0n) is 15.8. The molecule has 1 unspecified atom stereocenters. The molecule has 2 aliphatic heterocycles. The second-order valence-electron chi connectivity index (χ2n) is 7.15. The number of amides is 1. The molecular formula is C18H24F3N3O4S. The van der Waals surface area contributed by atoms with Gasteiger partial charge in [-0.2, -0.15) is 17.0 Å². The van der Waals surface area contributed by atoms with E-state index in [0.717, 1.165) is 37.8 Å². The van der Waals surface area contributed by atoms with Crippen LogP contribution in [0.4, 0.5) is 18.9 Å². The van der Waals surface area contributed by atoms with Crippen molar-refractivity contribution in [2.24, 2.45) is 0 Å². The summed E-state index contributed by atoms with van der Waals surface area (Å²) in [6.07, 6.45) is -0.399. The first-order chi connectivity index (χ1) is 13.7. The van der Waals surface area contributed by atoms with Gasteiger partial charge in [0.1, 0.15) is 11.8 Å². The van der Waals surface area contributed by atoms with E-state index in [9.17, 15) is 26.4 Å². The maximum absolute atomic E-state index is 13.0. The third-order valence-electron chi connectivity index (χ3n) is 5.05. The zero-order valence-corrected chi connectivity index (χ0v) is 16.6. The summed E-state index contributed by atoms with van der Waals surface area (Å²) in [5.41, 5.74) is 0.269. The topological polar surface area (TPSA) is 79.0 Å². The number of rotatable bonds is 5. The summed E-state index contributed by atoms with van der Waals surface area (Å²) in [5.74, 6) is -0.891. The average Bonchev–Trinajstić information content (AvgIpc) is 2.69. The van der Waals surface area contributed by atoms with Gasteiger partial charge in [-0.05, 0) is 49.9 Å². The van der Waals surface area contributed by atoms with Crippen LogP contribution >= 0.6 is 0 Å². The summed E-state index contributed by atoms with van der Waals surface area (Å²) >= 11 is 0. The standard InChI is InChI=1S/C18H24F3N3O4S/c19-18(20,21)28-15-9-7-14(8-10-15)22-17(25)16-6-2-5-13-24(16)29(26,27)23-11-3-1-4-12-23/h7-10,16H,1-6,11-13H2,(H,22,25). The number of nitrogens with one attached hydrogen (secondary N) is 1. The van der Waals surface area contributed by atoms with Crippen LogP contribution in [0.3, 0.4) is 0 Å². The van der Waals surface area contributed by atoms with Crippen LogP contribution in [-0.4, -0.2) is 55.0 Å². The third kappa shape index (κ3) is 5.61. The first-order valence-electron chi connectivity index (χ1n) is 9.60. The molecule has 29 heavy (non-hydrogen) atoms. The van der Waals surface area contributed by atoms with Crippen LogP contribution in [0.2, 0.25) is 0 Å². The summed E-state index contributed by atoms with van der Waals surface area (Å²) in [6, 6.07) is 3.90. The van der Waals surface area contributed by atoms with Crippen LogP contribution in [-0.2, 0) is 15.0 Å². The van der Waals surface area contributed by atoms with Crippen molar-refractivity contribution in [2.45, 2.75) is 50.9 Å². The summed E-state index contributed by atoms with van der Waals surface area (Å²) in [7, 11) is -3.74. The molecule has 0 aromatic heterocycles. The van der Waals surface area contributed by atoms with Crippen LogP contribution in [0.1, 0.15) is 38.5 Å². The highest BCUT2D eigenvalue weighted by Gasteiger charge is 2.40. The van der Waals surface area contributed by atoms with Gasteiger partial charge in [0, 0.05) is 25.3 Å². The van der Waals surface area contributed by atoms with Crippen molar-refractivity contribution < 1.29 is 31.1 Å². The van der Waals surface area contributed by atoms with E-state index in [1.165, 1.54) is 20.7 Å². The molecule has 1 amide bonds. The number of nitrogens with zero attached hydrogens (tertiary/aromatic N) is 2. The molecule has 0 spiro atoms. The van der Waals surface area contributed by atoms with Gasteiger partial charge >= 0.3 is 6.36 Å². The Morgan fingerprint density at radius 2 is 1.62 bits per heavy atom. The van der Waals surface area contributed by atoms with Crippen molar-refractivity contribution in [1.29, 1.82) is 0 Å². The normalized spacial score (nSPS) is 22.2. The Balaban J connectivity index is 1.69. The largest absolute Gasteiger partial charge is 0.573 e. The average molecular weight is 435 g/mol. The van der Waals surface area contributed by atoms with E-state index in [4.69, 9.17) is 0 Å². The molecular weight excluding hydrogens is 411 g/mol. The maximum Gasteiger partial charge on any atom is 0.573 e. The summed E-state index contributed by atoms with van der Waals surface area (Å²) in [6.45, 7) is 1.18. The van der Waals surface area contributed by atoms with Crippen molar-refractivity contribution in [3.05, 3.63) is 24.3 Å². The van der Waals surface area contributed by atoms with Crippen LogP contribution < -0.4 is 10.1 Å². The van der Waals surface area contributed by atoms with Crippen molar-refractivity contribution in [3.8, 4) is 5.75 Å². The van der Waals surface area contributed by atoms with Crippen LogP contribution in [0.25, 0.3) is 0 Å². The first kappa shape index (κ1) is 21.8. The predicted molar refractivity (Wildman–Crippen MR) is 100 cm³/mol. The first-order valence-corrected chi connectivity index (χ1v) is 11.0. The van der Waals surface area contributed by atoms with Gasteiger partial charge in [-0.3, -0.25) is 4.79 Å². The van der Waals surface area contributed by atoms with E-state index in [1.807, 2.05) is 0 Å². The van der Waals surface area contributed by atoms with Crippen molar-refractivity contribution in [1.82, 2.24) is 8.61 Å². The highest BCUT2D eigenvalue weighted by molar-refractivity contribution is 7.86. The smallest absolute Gasteiger partial charge is 0.406 e. The van der Waals surface area contributed by atoms with E-state index in [2.05, 4.69) is 10.1 Å². The predicted octanol–water partition coefficient (Wildman–Crippen LogP) is 3.11. The molecule has 2 heterocycles. The number of piperidine rings is 2. The lowest BCUT2D eigenvalue weighted by molar-refractivity contribution is -0.274. The van der Waals surface area contributed by atoms with Crippen LogP contribution in [0, 0.1) is 0 Å². The Morgan fingerprint density at radius 3 is 2.24 bits per heavy atom. The fraction of sp³-hybridized carbons (Fsp3) is 0.611. The molecule has 3 rings (SSSR count). The maximum atomic E-state index is 13.0. The molecule has 0 bridgehead atoms. The molecule has 2 saturated heterocycles. The molecule has 1 atom stereocenters. The lowest BCUT2D eigenvalue weighted by Crippen LogP contribution is -2.55. The second-order valence-corrected chi connectivity index (χ2v) is 9.03. The van der Waals surface area contributed by atoms with E-state index >= 15 is 0 Å². The highest BCUT2D eigenvalue weighted by atomic mass is 32.2. The fourth-order valence-electron chi connectivity index (χ4n) is 3.65. The van der Waals surface area contributed by atoms with Gasteiger partial charge in [0.15, 0.2) is 0 Å². The molecule has 0 radical (unpaired) electrons. The van der Waals surface area contributed by atoms with Crippen molar-refractivity contribution >= 4 is 21.8 Å². The number of anilines is 1. The highest BCUT2D eigenvalue weighted by Crippen LogP contribution is 2.27. The fourth-order valence-corrected chi connectivity index (χ4v) is 5.55. The Kier molecular flexibility index (Phi) is 6.69. The monoisotopic (exact) mass is 435 g/mol. The Hall–Kier alpha value is -1.85. The molecule has 1 aromatic carbocycles. The van der Waals surface area contributed by atoms with E-state index in [0.29, 0.717) is 25.9 Å². The van der Waals surface area contributed by atoms with E-state index < -0.39 is 34.3 Å². The minimum Gasteiger partial charge on any atom is -0.406 e. The lowest BCUT2D eigenvalue weighted by Gasteiger charge is -2.38. The molecule has 1 N–H and O–H groups in total. The summed E-state index contributed by atoms with van der Waals surface area (Å²) in [5, 5.41) is 2.61. The number of carbonyl (C=O) groups excluding carboxylic acids is 1. The van der Waals surface area contributed by atoms with Gasteiger partial charge in [-0.25, -0.2) is 0 Å². The molecule has 2 aliphatic rings. The Labute approximate surface area is 168 Å². The molecule has 7 nitrogen and oxygen atoms in total. The van der Waals surface area contributed by atoms with Crippen molar-refractivity contribution in [2.75, 3.05) is 25.0 Å². The van der Waals surface area contributed by atoms with Gasteiger partial charge in [-0.1, -0.05) is 12.8 Å². The Morgan fingerprint density at radius 1 is 1.00 bits per heavy atom. The van der Waals surface area contributed by atoms with E-state index in [1.54, 1.807) is 0 Å². The molecule has 1 aromatic rings.